The second-order valence-electron chi connectivity index (χ2n) is 9.66. The summed E-state index contributed by atoms with van der Waals surface area (Å²) in [5.41, 5.74) is 5.73. The minimum atomic E-state index is -0.461. The number of nitrogens with zero attached hydrogens (tertiary/aromatic N) is 6. The summed E-state index contributed by atoms with van der Waals surface area (Å²) in [5.74, 6) is 0.748. The summed E-state index contributed by atoms with van der Waals surface area (Å²) >= 11 is 0. The predicted octanol–water partition coefficient (Wildman–Crippen LogP) is 4.10. The molecule has 37 heavy (non-hydrogen) atoms. The Bertz CT molecular complexity index is 1710. The molecule has 1 saturated heterocycles. The molecule has 5 heterocycles. The Morgan fingerprint density at radius 2 is 2.00 bits per heavy atom. The summed E-state index contributed by atoms with van der Waals surface area (Å²) in [6.07, 6.45) is 7.60. The van der Waals surface area contributed by atoms with E-state index in [1.807, 2.05) is 28.7 Å². The van der Waals surface area contributed by atoms with Crippen LogP contribution in [0.15, 0.2) is 64.3 Å². The first-order valence-electron chi connectivity index (χ1n) is 12.3. The van der Waals surface area contributed by atoms with Gasteiger partial charge >= 0.3 is 5.76 Å². The number of imidazole rings is 1. The fraction of sp³-hybridized carbons (Fsp3) is 0.286. The molecular formula is C28H26N6O3. The van der Waals surface area contributed by atoms with Gasteiger partial charge in [-0.25, -0.2) is 14.8 Å². The molecule has 0 amide bonds. The van der Waals surface area contributed by atoms with E-state index in [0.29, 0.717) is 29.3 Å². The third kappa shape index (κ3) is 4.15. The Hall–Kier alpha value is -4.42. The molecule has 1 aromatic carbocycles. The molecule has 1 aliphatic rings. The average Bonchev–Trinajstić information content (AvgIpc) is 3.51. The minimum absolute atomic E-state index is 0.408. The van der Waals surface area contributed by atoms with E-state index in [9.17, 15) is 10.1 Å². The summed E-state index contributed by atoms with van der Waals surface area (Å²) in [6, 6.07) is 13.5. The molecule has 1 aliphatic heterocycles. The number of piperidine rings is 1. The van der Waals surface area contributed by atoms with Crippen molar-refractivity contribution in [1.82, 2.24) is 23.8 Å². The normalized spacial score (nSPS) is 16.3. The summed E-state index contributed by atoms with van der Waals surface area (Å²) in [7, 11) is 3.78. The molecule has 0 bridgehead atoms. The van der Waals surface area contributed by atoms with Crippen LogP contribution in [0.2, 0.25) is 0 Å². The van der Waals surface area contributed by atoms with Crippen molar-refractivity contribution < 1.29 is 9.15 Å². The predicted molar refractivity (Wildman–Crippen MR) is 139 cm³/mol. The molecule has 0 radical (unpaired) electrons. The van der Waals surface area contributed by atoms with Crippen LogP contribution in [0.1, 0.15) is 18.4 Å². The maximum Gasteiger partial charge on any atom is 0.420 e. The second-order valence-corrected chi connectivity index (χ2v) is 9.66. The van der Waals surface area contributed by atoms with E-state index in [1.54, 1.807) is 37.9 Å². The van der Waals surface area contributed by atoms with Crippen LogP contribution in [0.4, 0.5) is 0 Å². The molecule has 1 unspecified atom stereocenters. The third-order valence-corrected chi connectivity index (χ3v) is 7.08. The van der Waals surface area contributed by atoms with E-state index in [1.165, 1.54) is 11.0 Å². The van der Waals surface area contributed by atoms with Gasteiger partial charge in [0.2, 0.25) is 0 Å². The first-order valence-corrected chi connectivity index (χ1v) is 12.3. The molecule has 0 N–H and O–H groups in total. The van der Waals surface area contributed by atoms with Gasteiger partial charge in [0, 0.05) is 36.8 Å². The van der Waals surface area contributed by atoms with Crippen molar-refractivity contribution in [3.8, 4) is 34.2 Å². The van der Waals surface area contributed by atoms with Crippen molar-refractivity contribution in [2.45, 2.75) is 12.8 Å². The standard InChI is InChI=1S/C28H26N6O3/c1-32-9-3-4-19(15-32)16-36-24-11-22(20-7-5-18(12-29)6-8-20)26(34-17-30-14-23(24)34)21-10-25-27(31-13-21)33(2)28(35)37-25/h5-8,10-11,13-14,17,19H,3-4,9,15-16H2,1-2H3. The topological polar surface area (TPSA) is 102 Å². The second kappa shape index (κ2) is 9.22. The van der Waals surface area contributed by atoms with Crippen molar-refractivity contribution in [2.24, 2.45) is 13.0 Å². The van der Waals surface area contributed by atoms with Gasteiger partial charge in [-0.3, -0.25) is 8.97 Å². The van der Waals surface area contributed by atoms with Crippen LogP contribution in [0.5, 0.6) is 5.75 Å². The zero-order valence-electron chi connectivity index (χ0n) is 20.7. The average molecular weight is 495 g/mol. The van der Waals surface area contributed by atoms with E-state index < -0.39 is 5.76 Å². The van der Waals surface area contributed by atoms with Crippen molar-refractivity contribution in [3.05, 3.63) is 71.2 Å². The Kier molecular flexibility index (Phi) is 5.74. The van der Waals surface area contributed by atoms with E-state index in [0.717, 1.165) is 53.2 Å². The molecule has 4 aromatic heterocycles. The number of benzene rings is 1. The number of pyridine rings is 2. The molecule has 0 spiro atoms. The molecule has 1 atom stereocenters. The summed E-state index contributed by atoms with van der Waals surface area (Å²) in [4.78, 5) is 23.4. The Morgan fingerprint density at radius 3 is 2.78 bits per heavy atom. The molecule has 0 aliphatic carbocycles. The number of likely N-dealkylation sites (tertiary alicyclic amines) is 1. The maximum atomic E-state index is 12.1. The van der Waals surface area contributed by atoms with Gasteiger partial charge in [0.05, 0.1) is 36.5 Å². The minimum Gasteiger partial charge on any atom is -0.491 e. The van der Waals surface area contributed by atoms with Gasteiger partial charge < -0.3 is 14.1 Å². The highest BCUT2D eigenvalue weighted by Crippen LogP contribution is 2.38. The zero-order valence-corrected chi connectivity index (χ0v) is 20.7. The van der Waals surface area contributed by atoms with E-state index >= 15 is 0 Å². The molecule has 9 nitrogen and oxygen atoms in total. The number of aryl methyl sites for hydroxylation is 1. The fourth-order valence-electron chi connectivity index (χ4n) is 5.17. The third-order valence-electron chi connectivity index (χ3n) is 7.08. The lowest BCUT2D eigenvalue weighted by atomic mass is 9.98. The lowest BCUT2D eigenvalue weighted by Crippen LogP contribution is -2.34. The van der Waals surface area contributed by atoms with E-state index in [2.05, 4.69) is 28.0 Å². The van der Waals surface area contributed by atoms with Crippen LogP contribution < -0.4 is 10.5 Å². The van der Waals surface area contributed by atoms with E-state index in [4.69, 9.17) is 9.15 Å². The number of fused-ring (bicyclic) bond motifs is 2. The Labute approximate surface area is 213 Å². The van der Waals surface area contributed by atoms with Crippen molar-refractivity contribution >= 4 is 16.7 Å². The van der Waals surface area contributed by atoms with Crippen LogP contribution in [0, 0.1) is 17.2 Å². The Balaban J connectivity index is 1.51. The number of oxazole rings is 1. The number of hydrogen-bond donors (Lipinski definition) is 0. The highest BCUT2D eigenvalue weighted by Gasteiger charge is 2.21. The molecule has 5 aromatic rings. The molecular weight excluding hydrogens is 468 g/mol. The highest BCUT2D eigenvalue weighted by atomic mass is 16.5. The largest absolute Gasteiger partial charge is 0.491 e. The monoisotopic (exact) mass is 494 g/mol. The van der Waals surface area contributed by atoms with Crippen LogP contribution in [-0.2, 0) is 7.05 Å². The van der Waals surface area contributed by atoms with E-state index in [-0.39, 0.29) is 0 Å². The van der Waals surface area contributed by atoms with Gasteiger partial charge in [-0.15, -0.1) is 0 Å². The lowest BCUT2D eigenvalue weighted by Gasteiger charge is -2.29. The smallest absolute Gasteiger partial charge is 0.420 e. The number of hydrogen-bond acceptors (Lipinski definition) is 7. The fourth-order valence-corrected chi connectivity index (χ4v) is 5.17. The summed E-state index contributed by atoms with van der Waals surface area (Å²) in [6.45, 7) is 2.77. The van der Waals surface area contributed by atoms with Crippen LogP contribution in [0.25, 0.3) is 39.1 Å². The van der Waals surface area contributed by atoms with Crippen molar-refractivity contribution in [3.63, 3.8) is 0 Å². The number of nitriles is 1. The Morgan fingerprint density at radius 1 is 1.16 bits per heavy atom. The first kappa shape index (κ1) is 23.0. The number of aromatic nitrogens is 4. The molecule has 1 fully saturated rings. The van der Waals surface area contributed by atoms with Crippen molar-refractivity contribution in [2.75, 3.05) is 26.7 Å². The van der Waals surface area contributed by atoms with Crippen LogP contribution in [0.3, 0.4) is 0 Å². The van der Waals surface area contributed by atoms with Gasteiger partial charge in [0.1, 0.15) is 11.3 Å². The number of rotatable bonds is 5. The summed E-state index contributed by atoms with van der Waals surface area (Å²) in [5, 5.41) is 9.29. The summed E-state index contributed by atoms with van der Waals surface area (Å²) < 4.78 is 15.2. The zero-order chi connectivity index (χ0) is 25.5. The molecule has 6 rings (SSSR count). The molecule has 0 saturated carbocycles. The molecule has 186 valence electrons. The SMILES string of the molecule is CN1CCCC(COc2cc(-c3ccc(C#N)cc3)c(-c3cnc4c(c3)oc(=O)n4C)n3cncc23)C1. The van der Waals surface area contributed by atoms with Gasteiger partial charge in [-0.1, -0.05) is 12.1 Å². The highest BCUT2D eigenvalue weighted by molar-refractivity contribution is 5.88. The van der Waals surface area contributed by atoms with Gasteiger partial charge in [-0.05, 0) is 56.3 Å². The van der Waals surface area contributed by atoms with Crippen LogP contribution >= 0.6 is 0 Å². The van der Waals surface area contributed by atoms with Gasteiger partial charge in [0.15, 0.2) is 11.2 Å². The quantitative estimate of drug-likeness (QED) is 0.362. The lowest BCUT2D eigenvalue weighted by molar-refractivity contribution is 0.151. The number of ether oxygens (including phenoxy) is 1. The van der Waals surface area contributed by atoms with Gasteiger partial charge in [0.25, 0.3) is 0 Å². The molecule has 9 heteroatoms. The maximum absolute atomic E-state index is 12.1. The van der Waals surface area contributed by atoms with Crippen LogP contribution in [-0.4, -0.2) is 50.6 Å². The van der Waals surface area contributed by atoms with Gasteiger partial charge in [-0.2, -0.15) is 5.26 Å². The first-order chi connectivity index (χ1) is 18.0. The van der Waals surface area contributed by atoms with Crippen molar-refractivity contribution in [1.29, 1.82) is 5.26 Å².